The lowest BCUT2D eigenvalue weighted by atomic mass is 10.0. The van der Waals surface area contributed by atoms with Crippen LogP contribution in [0.4, 0.5) is 8.78 Å². The second-order valence-corrected chi connectivity index (χ2v) is 3.33. The molecule has 0 amide bonds. The lowest BCUT2D eigenvalue weighted by Gasteiger charge is -2.11. The Balaban J connectivity index is 0.00000289. The minimum Gasteiger partial charge on any atom is -0.469 e. The molecule has 0 saturated heterocycles. The van der Waals surface area contributed by atoms with Crippen molar-refractivity contribution in [2.75, 3.05) is 7.11 Å². The molecule has 0 heterocycles. The summed E-state index contributed by atoms with van der Waals surface area (Å²) >= 11 is 0. The van der Waals surface area contributed by atoms with E-state index in [1.54, 1.807) is 0 Å². The molecule has 0 spiro atoms. The van der Waals surface area contributed by atoms with Crippen LogP contribution in [0.25, 0.3) is 0 Å². The Hall–Kier alpha value is -1.40. The molecule has 2 N–H and O–H groups in total. The second kappa shape index (κ2) is 7.84. The van der Waals surface area contributed by atoms with Crippen molar-refractivity contribution in [3.8, 4) is 5.75 Å². The smallest absolute Gasteiger partial charge is 0.387 e. The van der Waals surface area contributed by atoms with Crippen LogP contribution < -0.4 is 10.5 Å². The Morgan fingerprint density at radius 1 is 1.33 bits per heavy atom. The van der Waals surface area contributed by atoms with E-state index in [2.05, 4.69) is 9.47 Å². The first-order valence-corrected chi connectivity index (χ1v) is 4.90. The number of carbonyl (C=O) groups excluding carboxylic acids is 1. The molecule has 7 heteroatoms. The molecular formula is C11H14ClF2NO3. The van der Waals surface area contributed by atoms with Gasteiger partial charge >= 0.3 is 12.6 Å². The highest BCUT2D eigenvalue weighted by molar-refractivity contribution is 5.85. The molecule has 0 unspecified atom stereocenters. The first-order chi connectivity index (χ1) is 8.02. The lowest BCUT2D eigenvalue weighted by Crippen LogP contribution is -2.16. The van der Waals surface area contributed by atoms with Gasteiger partial charge in [-0.3, -0.25) is 4.79 Å². The maximum atomic E-state index is 11.9. The van der Waals surface area contributed by atoms with Crippen LogP contribution in [-0.4, -0.2) is 19.7 Å². The zero-order valence-electron chi connectivity index (χ0n) is 9.64. The number of ether oxygens (including phenoxy) is 2. The number of halogens is 3. The average molecular weight is 282 g/mol. The summed E-state index contributed by atoms with van der Waals surface area (Å²) in [7, 11) is 1.27. The number of carbonyl (C=O) groups is 1. The minimum atomic E-state index is -2.86. The zero-order chi connectivity index (χ0) is 12.8. The molecule has 18 heavy (non-hydrogen) atoms. The second-order valence-electron chi connectivity index (χ2n) is 3.33. The molecule has 0 aliphatic heterocycles. The third kappa shape index (κ3) is 5.29. The van der Waals surface area contributed by atoms with Crippen LogP contribution >= 0.6 is 12.4 Å². The van der Waals surface area contributed by atoms with Gasteiger partial charge in [0, 0.05) is 6.04 Å². The van der Waals surface area contributed by atoms with Crippen molar-refractivity contribution in [1.82, 2.24) is 0 Å². The fraction of sp³-hybridized carbons (Fsp3) is 0.364. The maximum absolute atomic E-state index is 11.9. The highest BCUT2D eigenvalue weighted by atomic mass is 35.5. The predicted octanol–water partition coefficient (Wildman–Crippen LogP) is 2.27. The van der Waals surface area contributed by atoms with E-state index in [1.165, 1.54) is 31.4 Å². The molecule has 0 aromatic heterocycles. The first kappa shape index (κ1) is 16.6. The molecule has 1 aromatic rings. The number of hydrogen-bond donors (Lipinski definition) is 1. The number of rotatable bonds is 5. The van der Waals surface area contributed by atoms with Crippen molar-refractivity contribution < 1.29 is 23.0 Å². The van der Waals surface area contributed by atoms with Crippen molar-refractivity contribution >= 4 is 18.4 Å². The standard InChI is InChI=1S/C11H13F2NO3.ClH/c1-16-10(15)6-9(14)7-2-4-8(5-3-7)17-11(12)13;/h2-5,9,11H,6,14H2,1H3;1H/t9-;/m1./s1. The topological polar surface area (TPSA) is 61.5 Å². The van der Waals surface area contributed by atoms with Crippen LogP contribution in [0.3, 0.4) is 0 Å². The van der Waals surface area contributed by atoms with Crippen LogP contribution in [0.5, 0.6) is 5.75 Å². The van der Waals surface area contributed by atoms with Gasteiger partial charge in [0.05, 0.1) is 13.5 Å². The van der Waals surface area contributed by atoms with E-state index in [9.17, 15) is 13.6 Å². The number of hydrogen-bond acceptors (Lipinski definition) is 4. The molecule has 1 aromatic carbocycles. The molecular weight excluding hydrogens is 268 g/mol. The highest BCUT2D eigenvalue weighted by Gasteiger charge is 2.12. The van der Waals surface area contributed by atoms with Crippen molar-refractivity contribution in [3.05, 3.63) is 29.8 Å². The number of alkyl halides is 2. The molecule has 1 atom stereocenters. The molecule has 0 radical (unpaired) electrons. The van der Waals surface area contributed by atoms with Crippen LogP contribution in [-0.2, 0) is 9.53 Å². The minimum absolute atomic E-state index is 0. The van der Waals surface area contributed by atoms with Gasteiger partial charge < -0.3 is 15.2 Å². The van der Waals surface area contributed by atoms with Crippen molar-refractivity contribution in [2.24, 2.45) is 5.73 Å². The van der Waals surface area contributed by atoms with Crippen LogP contribution in [0, 0.1) is 0 Å². The van der Waals surface area contributed by atoms with Crippen molar-refractivity contribution in [1.29, 1.82) is 0 Å². The van der Waals surface area contributed by atoms with Gasteiger partial charge in [0.25, 0.3) is 0 Å². The Kier molecular flexibility index (Phi) is 7.23. The SMILES string of the molecule is COC(=O)C[C@@H](N)c1ccc(OC(F)F)cc1.Cl. The Morgan fingerprint density at radius 2 is 1.89 bits per heavy atom. The van der Waals surface area contributed by atoms with Gasteiger partial charge in [-0.25, -0.2) is 0 Å². The molecule has 4 nitrogen and oxygen atoms in total. The number of esters is 1. The summed E-state index contributed by atoms with van der Waals surface area (Å²) in [6.45, 7) is -2.86. The van der Waals surface area contributed by atoms with E-state index in [1.807, 2.05) is 0 Å². The Bertz CT molecular complexity index is 373. The van der Waals surface area contributed by atoms with Gasteiger partial charge in [0.15, 0.2) is 0 Å². The van der Waals surface area contributed by atoms with Crippen LogP contribution in [0.2, 0.25) is 0 Å². The first-order valence-electron chi connectivity index (χ1n) is 4.90. The van der Waals surface area contributed by atoms with Gasteiger partial charge in [-0.2, -0.15) is 8.78 Å². The van der Waals surface area contributed by atoms with E-state index in [0.29, 0.717) is 5.56 Å². The predicted molar refractivity (Wildman–Crippen MR) is 63.9 cm³/mol. The maximum Gasteiger partial charge on any atom is 0.387 e. The number of benzene rings is 1. The normalized spacial score (nSPS) is 11.6. The summed E-state index contributed by atoms with van der Waals surface area (Å²) in [5.41, 5.74) is 6.38. The molecule has 0 bridgehead atoms. The summed E-state index contributed by atoms with van der Waals surface area (Å²) in [5, 5.41) is 0. The van der Waals surface area contributed by atoms with Gasteiger partial charge in [-0.05, 0) is 17.7 Å². The highest BCUT2D eigenvalue weighted by Crippen LogP contribution is 2.20. The van der Waals surface area contributed by atoms with E-state index in [-0.39, 0.29) is 24.6 Å². The largest absolute Gasteiger partial charge is 0.469 e. The van der Waals surface area contributed by atoms with E-state index >= 15 is 0 Å². The summed E-state index contributed by atoms with van der Waals surface area (Å²) in [4.78, 5) is 11.0. The molecule has 0 aliphatic rings. The molecule has 0 fully saturated rings. The van der Waals surface area contributed by atoms with E-state index in [4.69, 9.17) is 5.73 Å². The molecule has 0 aliphatic carbocycles. The third-order valence-corrected chi connectivity index (χ3v) is 2.15. The zero-order valence-corrected chi connectivity index (χ0v) is 10.5. The monoisotopic (exact) mass is 281 g/mol. The summed E-state index contributed by atoms with van der Waals surface area (Å²) in [5.74, 6) is -0.376. The van der Waals surface area contributed by atoms with Crippen LogP contribution in [0.15, 0.2) is 24.3 Å². The Labute approximate surface area is 109 Å². The van der Waals surface area contributed by atoms with E-state index in [0.717, 1.165) is 0 Å². The Morgan fingerprint density at radius 3 is 2.33 bits per heavy atom. The molecule has 0 saturated carbocycles. The summed E-state index contributed by atoms with van der Waals surface area (Å²) < 4.78 is 32.4. The van der Waals surface area contributed by atoms with Gasteiger partial charge in [-0.15, -0.1) is 12.4 Å². The van der Waals surface area contributed by atoms with E-state index < -0.39 is 18.6 Å². The third-order valence-electron chi connectivity index (χ3n) is 2.15. The summed E-state index contributed by atoms with van der Waals surface area (Å²) in [6, 6.07) is 5.29. The van der Waals surface area contributed by atoms with Crippen LogP contribution in [0.1, 0.15) is 18.0 Å². The number of methoxy groups -OCH3 is 1. The average Bonchev–Trinajstić information content (AvgIpc) is 2.28. The fourth-order valence-corrected chi connectivity index (χ4v) is 1.28. The van der Waals surface area contributed by atoms with Crippen molar-refractivity contribution in [3.63, 3.8) is 0 Å². The van der Waals surface area contributed by atoms with Gasteiger partial charge in [0.2, 0.25) is 0 Å². The quantitative estimate of drug-likeness (QED) is 0.841. The molecule has 1 rings (SSSR count). The van der Waals surface area contributed by atoms with Gasteiger partial charge in [-0.1, -0.05) is 12.1 Å². The fourth-order valence-electron chi connectivity index (χ4n) is 1.28. The van der Waals surface area contributed by atoms with Gasteiger partial charge in [0.1, 0.15) is 5.75 Å². The van der Waals surface area contributed by atoms with Crippen molar-refractivity contribution in [2.45, 2.75) is 19.1 Å². The molecule has 102 valence electrons. The summed E-state index contributed by atoms with van der Waals surface area (Å²) in [6.07, 6.45) is 0.0333. The lowest BCUT2D eigenvalue weighted by molar-refractivity contribution is -0.141. The number of nitrogens with two attached hydrogens (primary N) is 1.